The van der Waals surface area contributed by atoms with Crippen molar-refractivity contribution in [2.45, 2.75) is 79.1 Å². The topological polar surface area (TPSA) is 83.8 Å². The summed E-state index contributed by atoms with van der Waals surface area (Å²) in [7, 11) is 1.44. The Morgan fingerprint density at radius 3 is 2.12 bits per heavy atom. The largest absolute Gasteiger partial charge is 0.508 e. The second kappa shape index (κ2) is 15.1. The van der Waals surface area contributed by atoms with Gasteiger partial charge in [-0.2, -0.15) is 0 Å². The summed E-state index contributed by atoms with van der Waals surface area (Å²) >= 11 is 0. The molecule has 0 aliphatic carbocycles. The maximum Gasteiger partial charge on any atom is 0.335 e. The molecule has 5 nitrogen and oxygen atoms in total. The van der Waals surface area contributed by atoms with Crippen molar-refractivity contribution in [3.05, 3.63) is 64.3 Å². The van der Waals surface area contributed by atoms with E-state index >= 15 is 0 Å². The van der Waals surface area contributed by atoms with Crippen molar-refractivity contribution in [3.8, 4) is 5.75 Å². The number of phenols is 1. The summed E-state index contributed by atoms with van der Waals surface area (Å²) in [4.78, 5) is 22.5. The van der Waals surface area contributed by atoms with Gasteiger partial charge in [0, 0.05) is 0 Å². The summed E-state index contributed by atoms with van der Waals surface area (Å²) in [6.45, 7) is 8.29. The van der Waals surface area contributed by atoms with Crippen LogP contribution in [0.15, 0.2) is 53.1 Å². The molecule has 0 radical (unpaired) electrons. The number of carbonyl (C=O) groups excluding carboxylic acids is 1. The summed E-state index contributed by atoms with van der Waals surface area (Å²) in [6, 6.07) is 4.38. The van der Waals surface area contributed by atoms with Crippen molar-refractivity contribution in [2.24, 2.45) is 5.92 Å². The number of carboxylic acid groups (broad SMARTS) is 1. The number of carboxylic acids is 1. The van der Waals surface area contributed by atoms with Gasteiger partial charge in [0.2, 0.25) is 0 Å². The molecule has 1 rings (SSSR count). The highest BCUT2D eigenvalue weighted by molar-refractivity contribution is 5.88. The van der Waals surface area contributed by atoms with Crippen molar-refractivity contribution < 1.29 is 24.5 Å². The minimum atomic E-state index is -0.990. The molecule has 0 spiro atoms. The Hall–Kier alpha value is -2.82. The molecule has 2 N–H and O–H groups in total. The number of esters is 1. The van der Waals surface area contributed by atoms with E-state index in [1.54, 1.807) is 0 Å². The van der Waals surface area contributed by atoms with Gasteiger partial charge in [-0.15, -0.1) is 0 Å². The Morgan fingerprint density at radius 1 is 0.970 bits per heavy atom. The van der Waals surface area contributed by atoms with Crippen molar-refractivity contribution in [1.29, 1.82) is 0 Å². The number of hydrogen-bond donors (Lipinski definition) is 2. The monoisotopic (exact) mass is 456 g/mol. The third kappa shape index (κ3) is 11.6. The first-order valence-corrected chi connectivity index (χ1v) is 11.7. The van der Waals surface area contributed by atoms with E-state index in [4.69, 9.17) is 9.84 Å². The number of rotatable bonds is 14. The fourth-order valence-electron chi connectivity index (χ4n) is 3.57. The van der Waals surface area contributed by atoms with Crippen molar-refractivity contribution in [2.75, 3.05) is 7.11 Å². The fourth-order valence-corrected chi connectivity index (χ4v) is 3.57. The molecule has 5 heteroatoms. The van der Waals surface area contributed by atoms with Gasteiger partial charge >= 0.3 is 11.9 Å². The van der Waals surface area contributed by atoms with Crippen LogP contribution in [0.5, 0.6) is 5.75 Å². The normalized spacial score (nSPS) is 13.7. The molecule has 0 aliphatic rings. The van der Waals surface area contributed by atoms with E-state index in [-0.39, 0.29) is 23.2 Å². The molecule has 33 heavy (non-hydrogen) atoms. The number of methoxy groups -OCH3 is 1. The number of carbonyl (C=O) groups is 2. The van der Waals surface area contributed by atoms with Gasteiger partial charge in [-0.1, -0.05) is 41.9 Å². The van der Waals surface area contributed by atoms with Crippen LogP contribution in [0.2, 0.25) is 0 Å². The molecule has 0 aromatic heterocycles. The number of phenolic OH excluding ortho intramolecular Hbond substituents is 1. The fraction of sp³-hybridized carbons (Fsp3) is 0.500. The summed E-state index contributed by atoms with van der Waals surface area (Å²) < 4.78 is 4.77. The lowest BCUT2D eigenvalue weighted by Gasteiger charge is -2.08. The predicted octanol–water partition coefficient (Wildman–Crippen LogP) is 7.01. The van der Waals surface area contributed by atoms with Crippen LogP contribution in [0.4, 0.5) is 0 Å². The molecule has 0 saturated carbocycles. The lowest BCUT2D eigenvalue weighted by atomic mass is 10.0. The van der Waals surface area contributed by atoms with Crippen LogP contribution in [0.25, 0.3) is 0 Å². The molecule has 0 fully saturated rings. The van der Waals surface area contributed by atoms with Crippen LogP contribution < -0.4 is 0 Å². The van der Waals surface area contributed by atoms with E-state index in [1.165, 1.54) is 42.0 Å². The molecule has 0 bridgehead atoms. The van der Waals surface area contributed by atoms with Gasteiger partial charge in [0.25, 0.3) is 0 Å². The van der Waals surface area contributed by atoms with E-state index in [9.17, 15) is 14.7 Å². The summed E-state index contributed by atoms with van der Waals surface area (Å²) in [5, 5.41) is 19.0. The van der Waals surface area contributed by atoms with Crippen LogP contribution in [-0.2, 0) is 16.0 Å². The van der Waals surface area contributed by atoms with E-state index in [2.05, 4.69) is 39.0 Å². The molecule has 0 aliphatic heterocycles. The van der Waals surface area contributed by atoms with Gasteiger partial charge < -0.3 is 14.9 Å². The minimum absolute atomic E-state index is 0.0360. The lowest BCUT2D eigenvalue weighted by molar-refractivity contribution is -0.145. The maximum atomic E-state index is 11.4. The number of ether oxygens (including phenoxy) is 1. The number of benzene rings is 1. The molecule has 0 amide bonds. The first-order valence-electron chi connectivity index (χ1n) is 11.7. The van der Waals surface area contributed by atoms with Gasteiger partial charge in [0.15, 0.2) is 0 Å². The van der Waals surface area contributed by atoms with Gasteiger partial charge in [0.05, 0.1) is 18.6 Å². The number of aromatic hydroxyl groups is 1. The van der Waals surface area contributed by atoms with Crippen LogP contribution in [0.1, 0.15) is 88.6 Å². The number of allylic oxidation sites excluding steroid dienone is 6. The SMILES string of the molecule is COC(=O)C(C)CCCC(C)=CCCC(C)=CCCC(C)=CCc1cc(C(=O)O)ccc1O. The highest BCUT2D eigenvalue weighted by atomic mass is 16.5. The van der Waals surface area contributed by atoms with E-state index < -0.39 is 5.97 Å². The van der Waals surface area contributed by atoms with Gasteiger partial charge in [0.1, 0.15) is 5.75 Å². The first-order chi connectivity index (χ1) is 15.6. The molecule has 1 aromatic carbocycles. The van der Waals surface area contributed by atoms with E-state index in [0.717, 1.165) is 44.9 Å². The zero-order chi connectivity index (χ0) is 24.8. The standard InChI is InChI=1S/C28H40O5/c1-20(9-6-10-21(2)13-8-14-23(4)28(32)33-5)11-7-12-22(3)15-16-24-19-25(27(30)31)17-18-26(24)29/h10-11,15,17-19,23,29H,6-9,12-14,16H2,1-5H3,(H,30,31). The van der Waals surface area contributed by atoms with E-state index in [1.807, 2.05) is 6.92 Å². The van der Waals surface area contributed by atoms with Gasteiger partial charge in [-0.05, 0) is 95.9 Å². The summed E-state index contributed by atoms with van der Waals surface area (Å²) in [5.74, 6) is -1.03. The van der Waals surface area contributed by atoms with Gasteiger partial charge in [-0.3, -0.25) is 4.79 Å². The molecule has 0 saturated heterocycles. The summed E-state index contributed by atoms with van der Waals surface area (Å²) in [5.41, 5.74) is 4.78. The molecule has 1 unspecified atom stereocenters. The second-order valence-electron chi connectivity index (χ2n) is 8.90. The predicted molar refractivity (Wildman–Crippen MR) is 134 cm³/mol. The second-order valence-corrected chi connectivity index (χ2v) is 8.90. The minimum Gasteiger partial charge on any atom is -0.508 e. The Kier molecular flexibility index (Phi) is 12.9. The molecular weight excluding hydrogens is 416 g/mol. The van der Waals surface area contributed by atoms with Crippen LogP contribution in [0, 0.1) is 5.92 Å². The Balaban J connectivity index is 2.37. The third-order valence-electron chi connectivity index (χ3n) is 5.87. The lowest BCUT2D eigenvalue weighted by Crippen LogP contribution is -2.12. The van der Waals surface area contributed by atoms with Crippen LogP contribution in [-0.4, -0.2) is 29.3 Å². The van der Waals surface area contributed by atoms with Crippen LogP contribution in [0.3, 0.4) is 0 Å². The Bertz CT molecular complexity index is 876. The molecule has 1 atom stereocenters. The van der Waals surface area contributed by atoms with Crippen molar-refractivity contribution in [3.63, 3.8) is 0 Å². The Morgan fingerprint density at radius 2 is 1.55 bits per heavy atom. The zero-order valence-electron chi connectivity index (χ0n) is 20.8. The van der Waals surface area contributed by atoms with Gasteiger partial charge in [-0.25, -0.2) is 4.79 Å². The average molecular weight is 457 g/mol. The summed E-state index contributed by atoms with van der Waals surface area (Å²) in [6.07, 6.45) is 14.0. The highest BCUT2D eigenvalue weighted by Gasteiger charge is 2.12. The Labute approximate surface area is 198 Å². The molecule has 182 valence electrons. The number of hydrogen-bond acceptors (Lipinski definition) is 4. The quantitative estimate of drug-likeness (QED) is 0.232. The smallest absolute Gasteiger partial charge is 0.335 e. The third-order valence-corrected chi connectivity index (χ3v) is 5.87. The first kappa shape index (κ1) is 28.2. The van der Waals surface area contributed by atoms with Crippen LogP contribution >= 0.6 is 0 Å². The van der Waals surface area contributed by atoms with Crippen molar-refractivity contribution in [1.82, 2.24) is 0 Å². The van der Waals surface area contributed by atoms with E-state index in [0.29, 0.717) is 12.0 Å². The van der Waals surface area contributed by atoms with Crippen molar-refractivity contribution >= 4 is 11.9 Å². The number of aromatic carboxylic acids is 1. The molecule has 0 heterocycles. The zero-order valence-corrected chi connectivity index (χ0v) is 20.8. The average Bonchev–Trinajstić information content (AvgIpc) is 2.77. The molecular formula is C28H40O5. The molecule has 1 aromatic rings. The highest BCUT2D eigenvalue weighted by Crippen LogP contribution is 2.21. The maximum absolute atomic E-state index is 11.4.